The van der Waals surface area contributed by atoms with Gasteiger partial charge in [0.05, 0.1) is 5.39 Å². The maximum absolute atomic E-state index is 12.0. The van der Waals surface area contributed by atoms with E-state index in [0.29, 0.717) is 16.7 Å². The molecule has 0 amide bonds. The third-order valence-electron chi connectivity index (χ3n) is 3.24. The van der Waals surface area contributed by atoms with Crippen LogP contribution in [-0.4, -0.2) is 0 Å². The standard InChI is InChI=1S/C18H14O2/c1-13(14-7-3-2-4-8-14)11-15-12-17(19)16-9-5-6-10-18(16)20-15/h2-12H,1H3/b13-11+. The zero-order chi connectivity index (χ0) is 13.9. The summed E-state index contributed by atoms with van der Waals surface area (Å²) in [7, 11) is 0. The summed E-state index contributed by atoms with van der Waals surface area (Å²) in [4.78, 5) is 12.0. The van der Waals surface area contributed by atoms with Crippen molar-refractivity contribution in [1.82, 2.24) is 0 Å². The highest BCUT2D eigenvalue weighted by molar-refractivity contribution is 5.81. The van der Waals surface area contributed by atoms with Crippen molar-refractivity contribution in [3.05, 3.63) is 82.2 Å². The van der Waals surface area contributed by atoms with Crippen LogP contribution in [0.25, 0.3) is 22.6 Å². The lowest BCUT2D eigenvalue weighted by atomic mass is 10.1. The largest absolute Gasteiger partial charge is 0.456 e. The Balaban J connectivity index is 2.09. The van der Waals surface area contributed by atoms with Gasteiger partial charge in [-0.3, -0.25) is 4.79 Å². The van der Waals surface area contributed by atoms with Crippen molar-refractivity contribution in [2.75, 3.05) is 0 Å². The molecule has 0 bridgehead atoms. The minimum Gasteiger partial charge on any atom is -0.456 e. The summed E-state index contributed by atoms with van der Waals surface area (Å²) in [6.45, 7) is 2.00. The number of hydrogen-bond acceptors (Lipinski definition) is 2. The van der Waals surface area contributed by atoms with Crippen molar-refractivity contribution in [3.8, 4) is 0 Å². The fourth-order valence-corrected chi connectivity index (χ4v) is 2.19. The van der Waals surface area contributed by atoms with Gasteiger partial charge in [-0.25, -0.2) is 0 Å². The second-order valence-electron chi connectivity index (χ2n) is 4.70. The Kier molecular flexibility index (Phi) is 3.21. The van der Waals surface area contributed by atoms with Crippen molar-refractivity contribution in [1.29, 1.82) is 0 Å². The van der Waals surface area contributed by atoms with Crippen molar-refractivity contribution in [3.63, 3.8) is 0 Å². The number of para-hydroxylation sites is 1. The molecule has 0 radical (unpaired) electrons. The Bertz CT molecular complexity index is 827. The van der Waals surface area contributed by atoms with Gasteiger partial charge in [-0.1, -0.05) is 42.5 Å². The molecular weight excluding hydrogens is 248 g/mol. The minimum atomic E-state index is -0.0149. The van der Waals surface area contributed by atoms with Crippen molar-refractivity contribution >= 4 is 22.6 Å². The summed E-state index contributed by atoms with van der Waals surface area (Å²) in [5.74, 6) is 0.579. The molecule has 0 aliphatic rings. The van der Waals surface area contributed by atoms with Gasteiger partial charge in [-0.2, -0.15) is 0 Å². The molecule has 0 atom stereocenters. The number of fused-ring (bicyclic) bond motifs is 1. The second kappa shape index (κ2) is 5.17. The summed E-state index contributed by atoms with van der Waals surface area (Å²) in [5.41, 5.74) is 2.78. The van der Waals surface area contributed by atoms with Crippen LogP contribution in [0.4, 0.5) is 0 Å². The first kappa shape index (κ1) is 12.4. The number of hydrogen-bond donors (Lipinski definition) is 0. The zero-order valence-electron chi connectivity index (χ0n) is 11.2. The summed E-state index contributed by atoms with van der Waals surface area (Å²) in [6, 6.07) is 18.8. The molecule has 2 heteroatoms. The van der Waals surface area contributed by atoms with E-state index in [-0.39, 0.29) is 5.43 Å². The fraction of sp³-hybridized carbons (Fsp3) is 0.0556. The van der Waals surface area contributed by atoms with Gasteiger partial charge < -0.3 is 4.42 Å². The van der Waals surface area contributed by atoms with Gasteiger partial charge in [0, 0.05) is 6.07 Å². The molecule has 98 valence electrons. The highest BCUT2D eigenvalue weighted by Crippen LogP contribution is 2.19. The summed E-state index contributed by atoms with van der Waals surface area (Å²) in [6.07, 6.45) is 1.89. The lowest BCUT2D eigenvalue weighted by Gasteiger charge is -2.02. The molecule has 1 aromatic heterocycles. The van der Waals surface area contributed by atoms with Crippen molar-refractivity contribution in [2.24, 2.45) is 0 Å². The Morgan fingerprint density at radius 2 is 1.70 bits per heavy atom. The smallest absolute Gasteiger partial charge is 0.193 e. The van der Waals surface area contributed by atoms with E-state index in [4.69, 9.17) is 4.42 Å². The van der Waals surface area contributed by atoms with Crippen LogP contribution in [0.1, 0.15) is 18.2 Å². The maximum Gasteiger partial charge on any atom is 0.193 e. The summed E-state index contributed by atoms with van der Waals surface area (Å²) in [5, 5.41) is 0.613. The van der Waals surface area contributed by atoms with Crippen LogP contribution in [-0.2, 0) is 0 Å². The normalized spacial score (nSPS) is 11.8. The molecule has 0 aliphatic heterocycles. The maximum atomic E-state index is 12.0. The van der Waals surface area contributed by atoms with E-state index < -0.39 is 0 Å². The van der Waals surface area contributed by atoms with Crippen LogP contribution in [0.3, 0.4) is 0 Å². The van der Waals surface area contributed by atoms with Crippen molar-refractivity contribution < 1.29 is 4.42 Å². The van der Waals surface area contributed by atoms with Crippen molar-refractivity contribution in [2.45, 2.75) is 6.92 Å². The van der Waals surface area contributed by atoms with E-state index in [1.54, 1.807) is 6.07 Å². The molecular formula is C18H14O2. The first-order valence-corrected chi connectivity index (χ1v) is 6.51. The number of allylic oxidation sites excluding steroid dienone is 1. The monoisotopic (exact) mass is 262 g/mol. The molecule has 0 saturated heterocycles. The van der Waals surface area contributed by atoms with Gasteiger partial charge >= 0.3 is 0 Å². The lowest BCUT2D eigenvalue weighted by molar-refractivity contribution is 0.591. The molecule has 0 spiro atoms. The molecule has 0 aliphatic carbocycles. The number of rotatable bonds is 2. The Morgan fingerprint density at radius 3 is 2.50 bits per heavy atom. The summed E-state index contributed by atoms with van der Waals surface area (Å²) >= 11 is 0. The molecule has 20 heavy (non-hydrogen) atoms. The topological polar surface area (TPSA) is 30.2 Å². The molecule has 0 unspecified atom stereocenters. The lowest BCUT2D eigenvalue weighted by Crippen LogP contribution is -1.99. The molecule has 0 saturated carbocycles. The molecule has 2 nitrogen and oxygen atoms in total. The molecule has 2 aromatic carbocycles. The fourth-order valence-electron chi connectivity index (χ4n) is 2.19. The van der Waals surface area contributed by atoms with Gasteiger partial charge in [-0.05, 0) is 36.3 Å². The van der Waals surface area contributed by atoms with Crippen LogP contribution < -0.4 is 5.43 Å². The Hall–Kier alpha value is -2.61. The van der Waals surface area contributed by atoms with Crippen LogP contribution in [0.15, 0.2) is 69.9 Å². The number of benzene rings is 2. The van der Waals surface area contributed by atoms with Crippen LogP contribution in [0, 0.1) is 0 Å². The molecule has 0 N–H and O–H groups in total. The van der Waals surface area contributed by atoms with Crippen LogP contribution >= 0.6 is 0 Å². The first-order valence-electron chi connectivity index (χ1n) is 6.51. The molecule has 3 rings (SSSR count). The third-order valence-corrected chi connectivity index (χ3v) is 3.24. The van der Waals surface area contributed by atoms with Gasteiger partial charge in [0.2, 0.25) is 0 Å². The van der Waals surface area contributed by atoms with E-state index in [9.17, 15) is 4.79 Å². The Labute approximate surface area is 117 Å². The van der Waals surface area contributed by atoms with E-state index in [0.717, 1.165) is 11.1 Å². The first-order chi connectivity index (χ1) is 9.74. The van der Waals surface area contributed by atoms with Gasteiger partial charge in [0.1, 0.15) is 11.3 Å². The minimum absolute atomic E-state index is 0.0149. The second-order valence-corrected chi connectivity index (χ2v) is 4.70. The molecule has 3 aromatic rings. The summed E-state index contributed by atoms with van der Waals surface area (Å²) < 4.78 is 5.76. The Morgan fingerprint density at radius 1 is 1.00 bits per heavy atom. The highest BCUT2D eigenvalue weighted by atomic mass is 16.3. The predicted octanol–water partition coefficient (Wildman–Crippen LogP) is 4.35. The average Bonchev–Trinajstić information content (AvgIpc) is 2.48. The predicted molar refractivity (Wildman–Crippen MR) is 82.5 cm³/mol. The highest BCUT2D eigenvalue weighted by Gasteiger charge is 2.03. The van der Waals surface area contributed by atoms with Crippen LogP contribution in [0.5, 0.6) is 0 Å². The van der Waals surface area contributed by atoms with E-state index in [1.807, 2.05) is 61.5 Å². The van der Waals surface area contributed by atoms with E-state index in [1.165, 1.54) is 6.07 Å². The quantitative estimate of drug-likeness (QED) is 0.687. The van der Waals surface area contributed by atoms with Gasteiger partial charge in [0.25, 0.3) is 0 Å². The van der Waals surface area contributed by atoms with E-state index >= 15 is 0 Å². The molecule has 1 heterocycles. The SMILES string of the molecule is C/C(=C\c1cc(=O)c2ccccc2o1)c1ccccc1. The average molecular weight is 262 g/mol. The van der Waals surface area contributed by atoms with E-state index in [2.05, 4.69) is 0 Å². The van der Waals surface area contributed by atoms with Gasteiger partial charge in [0.15, 0.2) is 5.43 Å². The molecule has 0 fully saturated rings. The zero-order valence-corrected chi connectivity index (χ0v) is 11.2. The third kappa shape index (κ3) is 2.41. The van der Waals surface area contributed by atoms with Gasteiger partial charge in [-0.15, -0.1) is 0 Å². The van der Waals surface area contributed by atoms with Crippen LogP contribution in [0.2, 0.25) is 0 Å².